The zero-order valence-corrected chi connectivity index (χ0v) is 15.9. The molecule has 0 radical (unpaired) electrons. The molecule has 0 atom stereocenters. The van der Waals surface area contributed by atoms with Gasteiger partial charge in [-0.05, 0) is 56.5 Å². The molecule has 1 N–H and O–H groups in total. The van der Waals surface area contributed by atoms with Gasteiger partial charge in [-0.1, -0.05) is 30.3 Å². The van der Waals surface area contributed by atoms with Crippen LogP contribution in [0, 0.1) is 5.41 Å². The maximum Gasteiger partial charge on any atom is 0.239 e. The van der Waals surface area contributed by atoms with Gasteiger partial charge in [0.15, 0.2) is 0 Å². The van der Waals surface area contributed by atoms with Gasteiger partial charge < -0.3 is 15.0 Å². The second kappa shape index (κ2) is 8.25. The fourth-order valence-corrected chi connectivity index (χ4v) is 3.08. The SMILES string of the molecule is CC(C)(C(=O)Nc1ccc(OCc2ccccc2)cc1)C(=O)N1CCCC1. The van der Waals surface area contributed by atoms with Gasteiger partial charge in [0.1, 0.15) is 17.8 Å². The number of hydrogen-bond donors (Lipinski definition) is 1. The summed E-state index contributed by atoms with van der Waals surface area (Å²) in [7, 11) is 0. The molecule has 2 aromatic rings. The maximum absolute atomic E-state index is 12.6. The van der Waals surface area contributed by atoms with Gasteiger partial charge in [-0.2, -0.15) is 0 Å². The minimum atomic E-state index is -1.09. The van der Waals surface area contributed by atoms with Crippen molar-refractivity contribution in [2.75, 3.05) is 18.4 Å². The Balaban J connectivity index is 1.56. The van der Waals surface area contributed by atoms with Gasteiger partial charge >= 0.3 is 0 Å². The van der Waals surface area contributed by atoms with Crippen molar-refractivity contribution in [3.05, 3.63) is 60.2 Å². The largest absolute Gasteiger partial charge is 0.489 e. The van der Waals surface area contributed by atoms with Crippen LogP contribution in [0.25, 0.3) is 0 Å². The lowest BCUT2D eigenvalue weighted by Crippen LogP contribution is -2.46. The Hall–Kier alpha value is -2.82. The summed E-state index contributed by atoms with van der Waals surface area (Å²) < 4.78 is 5.75. The predicted octanol–water partition coefficient (Wildman–Crippen LogP) is 3.85. The molecule has 1 fully saturated rings. The van der Waals surface area contributed by atoms with Crippen LogP contribution in [0.5, 0.6) is 5.75 Å². The molecule has 5 nitrogen and oxygen atoms in total. The van der Waals surface area contributed by atoms with E-state index in [0.29, 0.717) is 12.3 Å². The van der Waals surface area contributed by atoms with E-state index in [-0.39, 0.29) is 11.8 Å². The van der Waals surface area contributed by atoms with E-state index in [0.717, 1.165) is 37.2 Å². The minimum absolute atomic E-state index is 0.111. The van der Waals surface area contributed by atoms with Crippen molar-refractivity contribution >= 4 is 17.5 Å². The zero-order valence-electron chi connectivity index (χ0n) is 15.9. The standard InChI is InChI=1S/C22H26N2O3/c1-22(2,21(26)24-14-6-7-15-24)20(25)23-18-10-12-19(13-11-18)27-16-17-8-4-3-5-9-17/h3-5,8-13H,6-7,14-16H2,1-2H3,(H,23,25). The molecule has 142 valence electrons. The molecule has 0 aliphatic carbocycles. The third-order valence-electron chi connectivity index (χ3n) is 4.86. The molecule has 1 saturated heterocycles. The van der Waals surface area contributed by atoms with Crippen molar-refractivity contribution in [1.82, 2.24) is 4.90 Å². The molecule has 0 unspecified atom stereocenters. The molecule has 3 rings (SSSR count). The number of ether oxygens (including phenoxy) is 1. The summed E-state index contributed by atoms with van der Waals surface area (Å²) in [6.07, 6.45) is 2.02. The molecule has 5 heteroatoms. The smallest absolute Gasteiger partial charge is 0.239 e. The highest BCUT2D eigenvalue weighted by atomic mass is 16.5. The lowest BCUT2D eigenvalue weighted by Gasteiger charge is -2.28. The van der Waals surface area contributed by atoms with Crippen LogP contribution in [0.1, 0.15) is 32.3 Å². The first-order valence-corrected chi connectivity index (χ1v) is 9.34. The maximum atomic E-state index is 12.6. The number of amides is 2. The van der Waals surface area contributed by atoms with E-state index in [1.54, 1.807) is 30.9 Å². The van der Waals surface area contributed by atoms with Crippen LogP contribution in [-0.2, 0) is 16.2 Å². The lowest BCUT2D eigenvalue weighted by atomic mass is 9.90. The van der Waals surface area contributed by atoms with Crippen molar-refractivity contribution in [1.29, 1.82) is 0 Å². The average molecular weight is 366 g/mol. The Kier molecular flexibility index (Phi) is 5.79. The Bertz CT molecular complexity index is 779. The summed E-state index contributed by atoms with van der Waals surface area (Å²) in [5.41, 5.74) is 0.652. The highest BCUT2D eigenvalue weighted by Gasteiger charge is 2.39. The quantitative estimate of drug-likeness (QED) is 0.790. The number of hydrogen-bond acceptors (Lipinski definition) is 3. The summed E-state index contributed by atoms with van der Waals surface area (Å²) in [5.74, 6) is 0.321. The summed E-state index contributed by atoms with van der Waals surface area (Å²) in [6, 6.07) is 17.1. The monoisotopic (exact) mass is 366 g/mol. The second-order valence-electron chi connectivity index (χ2n) is 7.38. The Labute approximate surface area is 160 Å². The van der Waals surface area contributed by atoms with Crippen LogP contribution in [0.15, 0.2) is 54.6 Å². The highest BCUT2D eigenvalue weighted by Crippen LogP contribution is 2.25. The molecule has 0 saturated carbocycles. The van der Waals surface area contributed by atoms with Gasteiger partial charge in [0.25, 0.3) is 0 Å². The van der Waals surface area contributed by atoms with Crippen LogP contribution in [0.4, 0.5) is 5.69 Å². The van der Waals surface area contributed by atoms with Crippen LogP contribution in [0.2, 0.25) is 0 Å². The van der Waals surface area contributed by atoms with Crippen LogP contribution < -0.4 is 10.1 Å². The molecule has 0 aromatic heterocycles. The molecule has 1 heterocycles. The Morgan fingerprint density at radius 2 is 1.63 bits per heavy atom. The predicted molar refractivity (Wildman–Crippen MR) is 105 cm³/mol. The number of benzene rings is 2. The number of anilines is 1. The number of carbonyl (C=O) groups excluding carboxylic acids is 2. The van der Waals surface area contributed by atoms with Crippen molar-refractivity contribution in [3.8, 4) is 5.75 Å². The van der Waals surface area contributed by atoms with E-state index in [1.165, 1.54) is 0 Å². The second-order valence-corrected chi connectivity index (χ2v) is 7.38. The molecule has 27 heavy (non-hydrogen) atoms. The third-order valence-corrected chi connectivity index (χ3v) is 4.86. The lowest BCUT2D eigenvalue weighted by molar-refractivity contribution is -0.145. The van der Waals surface area contributed by atoms with E-state index in [4.69, 9.17) is 4.74 Å². The molecule has 2 aromatic carbocycles. The van der Waals surface area contributed by atoms with Crippen LogP contribution >= 0.6 is 0 Å². The molecule has 2 amide bonds. The first kappa shape index (κ1) is 19.0. The van der Waals surface area contributed by atoms with Crippen molar-refractivity contribution in [3.63, 3.8) is 0 Å². The average Bonchev–Trinajstić information content (AvgIpc) is 3.22. The first-order valence-electron chi connectivity index (χ1n) is 9.34. The molecule has 0 bridgehead atoms. The van der Waals surface area contributed by atoms with Gasteiger partial charge in [0, 0.05) is 18.8 Å². The zero-order chi connectivity index (χ0) is 19.3. The van der Waals surface area contributed by atoms with Gasteiger partial charge in [0.2, 0.25) is 11.8 Å². The topological polar surface area (TPSA) is 58.6 Å². The third kappa shape index (κ3) is 4.67. The number of likely N-dealkylation sites (tertiary alicyclic amines) is 1. The first-order chi connectivity index (χ1) is 13.0. The van der Waals surface area contributed by atoms with Gasteiger partial charge in [0.05, 0.1) is 0 Å². The summed E-state index contributed by atoms with van der Waals surface area (Å²) >= 11 is 0. The number of nitrogens with one attached hydrogen (secondary N) is 1. The molecule has 1 aliphatic rings. The van der Waals surface area contributed by atoms with Crippen LogP contribution in [0.3, 0.4) is 0 Å². The molecular formula is C22H26N2O3. The normalized spacial score (nSPS) is 14.1. The van der Waals surface area contributed by atoms with Gasteiger partial charge in [-0.25, -0.2) is 0 Å². The summed E-state index contributed by atoms with van der Waals surface area (Å²) in [4.78, 5) is 27.0. The Morgan fingerprint density at radius 1 is 1.00 bits per heavy atom. The van der Waals surface area contributed by atoms with E-state index in [2.05, 4.69) is 5.32 Å². The van der Waals surface area contributed by atoms with Crippen molar-refractivity contribution in [2.24, 2.45) is 5.41 Å². The number of nitrogens with zero attached hydrogens (tertiary/aromatic N) is 1. The van der Waals surface area contributed by atoms with E-state index in [1.807, 2.05) is 42.5 Å². The van der Waals surface area contributed by atoms with Gasteiger partial charge in [-0.3, -0.25) is 9.59 Å². The van der Waals surface area contributed by atoms with Gasteiger partial charge in [-0.15, -0.1) is 0 Å². The molecular weight excluding hydrogens is 340 g/mol. The number of rotatable bonds is 6. The molecule has 1 aliphatic heterocycles. The van der Waals surface area contributed by atoms with E-state index < -0.39 is 5.41 Å². The van der Waals surface area contributed by atoms with Crippen molar-refractivity contribution in [2.45, 2.75) is 33.3 Å². The fourth-order valence-electron chi connectivity index (χ4n) is 3.08. The van der Waals surface area contributed by atoms with Crippen molar-refractivity contribution < 1.29 is 14.3 Å². The van der Waals surface area contributed by atoms with E-state index >= 15 is 0 Å². The molecule has 0 spiro atoms. The fraction of sp³-hybridized carbons (Fsp3) is 0.364. The number of carbonyl (C=O) groups is 2. The van der Waals surface area contributed by atoms with Crippen LogP contribution in [-0.4, -0.2) is 29.8 Å². The minimum Gasteiger partial charge on any atom is -0.489 e. The Morgan fingerprint density at radius 3 is 2.26 bits per heavy atom. The highest BCUT2D eigenvalue weighted by molar-refractivity contribution is 6.09. The summed E-state index contributed by atoms with van der Waals surface area (Å²) in [5, 5.41) is 2.85. The summed E-state index contributed by atoms with van der Waals surface area (Å²) in [6.45, 7) is 5.33. The van der Waals surface area contributed by atoms with E-state index in [9.17, 15) is 9.59 Å².